The Morgan fingerprint density at radius 3 is 2.50 bits per heavy atom. The second-order valence-electron chi connectivity index (χ2n) is 3.63. The third-order valence-corrected chi connectivity index (χ3v) is 3.89. The van der Waals surface area contributed by atoms with Crippen LogP contribution in [-0.4, -0.2) is 15.0 Å². The number of hydrogen-bond donors (Lipinski definition) is 1. The Hall–Kier alpha value is -0.390. The number of thiol groups is 1. The maximum Gasteiger partial charge on any atom is 0.257 e. The third kappa shape index (κ3) is 5.63. The molecule has 3 nitrogen and oxygen atoms in total. The normalized spacial score (nSPS) is 11.1. The molecule has 0 N–H and O–H groups in total. The minimum atomic E-state index is -2.70. The van der Waals surface area contributed by atoms with E-state index in [1.807, 2.05) is 0 Å². The predicted octanol–water partition coefficient (Wildman–Crippen LogP) is 2.57. The van der Waals surface area contributed by atoms with Crippen LogP contribution in [0, 0.1) is 0 Å². The Labute approximate surface area is 103 Å². The molecule has 0 bridgehead atoms. The molecule has 0 unspecified atom stereocenters. The minimum absolute atomic E-state index is 0.258. The molecule has 16 heavy (non-hydrogen) atoms. The molecule has 0 fully saturated rings. The summed E-state index contributed by atoms with van der Waals surface area (Å²) < 4.78 is 24.9. The van der Waals surface area contributed by atoms with E-state index < -0.39 is 11.0 Å². The van der Waals surface area contributed by atoms with E-state index in [9.17, 15) is 8.42 Å². The summed E-state index contributed by atoms with van der Waals surface area (Å²) in [5.41, 5.74) is 0. The number of thiophene rings is 1. The first-order valence-corrected chi connectivity index (χ1v) is 7.48. The van der Waals surface area contributed by atoms with Gasteiger partial charge in [0, 0.05) is 16.2 Å². The van der Waals surface area contributed by atoms with Gasteiger partial charge in [-0.05, 0) is 25.0 Å². The quantitative estimate of drug-likeness (QED) is 0.578. The van der Waals surface area contributed by atoms with Gasteiger partial charge in [0.2, 0.25) is 0 Å². The fraction of sp³-hybridized carbons (Fsp3) is 0.636. The van der Waals surface area contributed by atoms with E-state index in [4.69, 9.17) is 0 Å². The van der Waals surface area contributed by atoms with Gasteiger partial charge in [-0.1, -0.05) is 19.8 Å². The van der Waals surface area contributed by atoms with E-state index in [2.05, 4.69) is 23.2 Å². The van der Waals surface area contributed by atoms with Crippen LogP contribution in [0.4, 0.5) is 0 Å². The van der Waals surface area contributed by atoms with Gasteiger partial charge in [-0.2, -0.15) is 0 Å². The van der Waals surface area contributed by atoms with Crippen LogP contribution >= 0.6 is 11.3 Å². The zero-order valence-electron chi connectivity index (χ0n) is 9.48. The Kier molecular flexibility index (Phi) is 6.68. The maximum absolute atomic E-state index is 10.2. The largest absolute Gasteiger partial charge is 0.272 e. The fourth-order valence-electron chi connectivity index (χ4n) is 1.46. The van der Waals surface area contributed by atoms with Crippen molar-refractivity contribution in [2.75, 3.05) is 6.61 Å². The topological polar surface area (TPSA) is 43.4 Å². The van der Waals surface area contributed by atoms with Crippen LogP contribution in [0.25, 0.3) is 0 Å². The van der Waals surface area contributed by atoms with Crippen molar-refractivity contribution in [3.8, 4) is 0 Å². The van der Waals surface area contributed by atoms with Crippen LogP contribution < -0.4 is 0 Å². The molecule has 0 amide bonds. The number of unbranched alkanes of at least 4 members (excludes halogenated alkanes) is 2. The minimum Gasteiger partial charge on any atom is -0.272 e. The van der Waals surface area contributed by atoms with Gasteiger partial charge in [0.05, 0.1) is 6.61 Å². The Bertz CT molecular complexity index is 361. The fourth-order valence-corrected chi connectivity index (χ4v) is 2.74. The van der Waals surface area contributed by atoms with Crippen molar-refractivity contribution in [2.45, 2.75) is 39.0 Å². The molecule has 0 radical (unpaired) electrons. The summed E-state index contributed by atoms with van der Waals surface area (Å²) >= 11 is 1.76. The van der Waals surface area contributed by atoms with E-state index in [1.54, 1.807) is 11.3 Å². The maximum atomic E-state index is 10.2. The summed E-state index contributed by atoms with van der Waals surface area (Å²) in [6.07, 6.45) is 5.56. The molecule has 0 saturated heterocycles. The molecule has 0 aliphatic heterocycles. The standard InChI is InChI=1S/C11H18O3S2/c1-2-3-4-5-10-6-7-11(15-10)8-9-14-16(12)13/h6-7,16H,2-5,8-9H2,1H3. The Morgan fingerprint density at radius 1 is 1.19 bits per heavy atom. The lowest BCUT2D eigenvalue weighted by Crippen LogP contribution is -1.94. The smallest absolute Gasteiger partial charge is 0.257 e. The number of rotatable bonds is 8. The molecule has 1 aromatic heterocycles. The van der Waals surface area contributed by atoms with Gasteiger partial charge in [-0.3, -0.25) is 4.18 Å². The predicted molar refractivity (Wildman–Crippen MR) is 67.5 cm³/mol. The van der Waals surface area contributed by atoms with Crippen molar-refractivity contribution in [1.29, 1.82) is 0 Å². The van der Waals surface area contributed by atoms with Gasteiger partial charge in [0.25, 0.3) is 11.0 Å². The molecular weight excluding hydrogens is 244 g/mol. The van der Waals surface area contributed by atoms with Crippen LogP contribution in [0.2, 0.25) is 0 Å². The SMILES string of the molecule is CCCCCc1ccc(CCO[SH](=O)=O)s1. The summed E-state index contributed by atoms with van der Waals surface area (Å²) in [6, 6.07) is 4.19. The molecule has 0 atom stereocenters. The van der Waals surface area contributed by atoms with Gasteiger partial charge in [-0.25, -0.2) is 8.42 Å². The highest BCUT2D eigenvalue weighted by molar-refractivity contribution is 7.67. The molecule has 0 aliphatic carbocycles. The lowest BCUT2D eigenvalue weighted by Gasteiger charge is -1.96. The molecule has 0 aromatic carbocycles. The average Bonchev–Trinajstić information content (AvgIpc) is 2.66. The lowest BCUT2D eigenvalue weighted by molar-refractivity contribution is 0.338. The van der Waals surface area contributed by atoms with E-state index in [0.29, 0.717) is 6.42 Å². The second kappa shape index (κ2) is 7.81. The van der Waals surface area contributed by atoms with Gasteiger partial charge >= 0.3 is 0 Å². The average molecular weight is 262 g/mol. The molecule has 1 aromatic rings. The molecule has 5 heteroatoms. The van der Waals surface area contributed by atoms with Gasteiger partial charge in [0.15, 0.2) is 0 Å². The van der Waals surface area contributed by atoms with Crippen molar-refractivity contribution in [1.82, 2.24) is 0 Å². The van der Waals surface area contributed by atoms with Crippen LogP contribution in [-0.2, 0) is 28.0 Å². The van der Waals surface area contributed by atoms with Crippen molar-refractivity contribution < 1.29 is 12.6 Å². The molecule has 0 aliphatic rings. The van der Waals surface area contributed by atoms with Gasteiger partial charge in [0.1, 0.15) is 0 Å². The van der Waals surface area contributed by atoms with Gasteiger partial charge < -0.3 is 0 Å². The first-order chi connectivity index (χ1) is 7.72. The van der Waals surface area contributed by atoms with Crippen LogP contribution in [0.15, 0.2) is 12.1 Å². The Balaban J connectivity index is 2.27. The highest BCUT2D eigenvalue weighted by Gasteiger charge is 2.00. The number of hydrogen-bond acceptors (Lipinski definition) is 4. The summed E-state index contributed by atoms with van der Waals surface area (Å²) in [7, 11) is -2.70. The zero-order chi connectivity index (χ0) is 11.8. The monoisotopic (exact) mass is 262 g/mol. The highest BCUT2D eigenvalue weighted by atomic mass is 32.2. The van der Waals surface area contributed by atoms with Crippen LogP contribution in [0.3, 0.4) is 0 Å². The van der Waals surface area contributed by atoms with Crippen molar-refractivity contribution in [3.63, 3.8) is 0 Å². The highest BCUT2D eigenvalue weighted by Crippen LogP contribution is 2.19. The summed E-state index contributed by atoms with van der Waals surface area (Å²) in [6.45, 7) is 2.45. The third-order valence-electron chi connectivity index (χ3n) is 2.29. The summed E-state index contributed by atoms with van der Waals surface area (Å²) in [5, 5.41) is 0. The molecule has 1 rings (SSSR count). The van der Waals surface area contributed by atoms with Crippen LogP contribution in [0.1, 0.15) is 35.9 Å². The number of aryl methyl sites for hydroxylation is 1. The van der Waals surface area contributed by atoms with Gasteiger partial charge in [-0.15, -0.1) is 11.3 Å². The van der Waals surface area contributed by atoms with E-state index in [1.165, 1.54) is 29.0 Å². The zero-order valence-corrected chi connectivity index (χ0v) is 11.2. The van der Waals surface area contributed by atoms with Crippen molar-refractivity contribution in [3.05, 3.63) is 21.9 Å². The molecular formula is C11H18O3S2. The van der Waals surface area contributed by atoms with E-state index in [0.717, 1.165) is 6.42 Å². The molecule has 1 heterocycles. The van der Waals surface area contributed by atoms with Crippen molar-refractivity contribution >= 4 is 22.3 Å². The summed E-state index contributed by atoms with van der Waals surface area (Å²) in [4.78, 5) is 2.58. The second-order valence-corrected chi connectivity index (χ2v) is 5.59. The van der Waals surface area contributed by atoms with E-state index >= 15 is 0 Å². The first-order valence-electron chi connectivity index (χ1n) is 5.57. The van der Waals surface area contributed by atoms with Crippen molar-refractivity contribution in [2.24, 2.45) is 0 Å². The molecule has 92 valence electrons. The Morgan fingerprint density at radius 2 is 1.88 bits per heavy atom. The summed E-state index contributed by atoms with van der Waals surface area (Å²) in [5.74, 6) is 0. The first kappa shape index (κ1) is 13.7. The van der Waals surface area contributed by atoms with Crippen LogP contribution in [0.5, 0.6) is 0 Å². The lowest BCUT2D eigenvalue weighted by atomic mass is 10.2. The molecule has 0 spiro atoms. The van der Waals surface area contributed by atoms with E-state index in [-0.39, 0.29) is 6.61 Å². The molecule has 0 saturated carbocycles.